The largest absolute Gasteiger partial charge is 0.433 e. The Morgan fingerprint density at radius 3 is 2.62 bits per heavy atom. The molecule has 1 heterocycles. The number of hydrogen-bond acceptors (Lipinski definition) is 5. The third kappa shape index (κ3) is 2.94. The molecule has 0 fully saturated rings. The van der Waals surface area contributed by atoms with Gasteiger partial charge in [0.05, 0.1) is 5.70 Å². The van der Waals surface area contributed by atoms with E-state index in [1.165, 1.54) is 18.3 Å². The molecule has 0 amide bonds. The van der Waals surface area contributed by atoms with Crippen LogP contribution in [-0.2, 0) is 0 Å². The minimum Gasteiger partial charge on any atom is -0.396 e. The fraction of sp³-hybridized carbons (Fsp3) is 0.125. The third-order valence-corrected chi connectivity index (χ3v) is 1.55. The molecule has 0 aliphatic rings. The summed E-state index contributed by atoms with van der Waals surface area (Å²) in [5.74, 6) is -0.0976. The molecule has 5 nitrogen and oxygen atoms in total. The van der Waals surface area contributed by atoms with Crippen molar-refractivity contribution in [1.29, 1.82) is 5.41 Å². The molecule has 0 saturated carbocycles. The molecule has 0 saturated heterocycles. The summed E-state index contributed by atoms with van der Waals surface area (Å²) in [5, 5.41) is 15.5. The Labute approximate surface area is 88.7 Å². The van der Waals surface area contributed by atoms with Crippen molar-refractivity contribution in [2.24, 2.45) is 5.73 Å². The zero-order chi connectivity index (χ0) is 12.2. The lowest BCUT2D eigenvalue weighted by atomic mass is 10.3. The van der Waals surface area contributed by atoms with Crippen LogP contribution in [0.25, 0.3) is 0 Å². The zero-order valence-electron chi connectivity index (χ0n) is 7.92. The van der Waals surface area contributed by atoms with Gasteiger partial charge in [0.25, 0.3) is 0 Å². The number of hydrogen-bond donors (Lipinski definition) is 3. The number of nitrogens with one attached hydrogen (secondary N) is 2. The van der Waals surface area contributed by atoms with E-state index in [9.17, 15) is 13.2 Å². The lowest BCUT2D eigenvalue weighted by molar-refractivity contribution is -0.0908. The Hall–Kier alpha value is -2.12. The fourth-order valence-electron chi connectivity index (χ4n) is 0.875. The topological polar surface area (TPSA) is 87.7 Å². The molecule has 86 valence electrons. The highest BCUT2D eigenvalue weighted by atomic mass is 19.4. The average Bonchev–Trinajstić information content (AvgIpc) is 2.25. The first kappa shape index (κ1) is 12.0. The first-order chi connectivity index (χ1) is 7.45. The second kappa shape index (κ2) is 4.60. The molecule has 0 atom stereocenters. The predicted molar refractivity (Wildman–Crippen MR) is 51.7 cm³/mol. The van der Waals surface area contributed by atoms with Crippen LogP contribution in [0.5, 0.6) is 0 Å². The van der Waals surface area contributed by atoms with Crippen LogP contribution in [0, 0.1) is 5.41 Å². The van der Waals surface area contributed by atoms with Crippen LogP contribution >= 0.6 is 0 Å². The molecule has 1 rings (SSSR count). The molecule has 16 heavy (non-hydrogen) atoms. The Morgan fingerprint density at radius 2 is 2.19 bits per heavy atom. The van der Waals surface area contributed by atoms with Gasteiger partial charge in [0.15, 0.2) is 5.82 Å². The molecule has 1 aromatic rings. The molecule has 8 heteroatoms. The molecular formula is C8H8F3N5. The first-order valence-corrected chi connectivity index (χ1v) is 4.07. The molecule has 0 unspecified atom stereocenters. The summed E-state index contributed by atoms with van der Waals surface area (Å²) >= 11 is 0. The van der Waals surface area contributed by atoms with Crippen molar-refractivity contribution in [3.8, 4) is 0 Å². The van der Waals surface area contributed by atoms with Gasteiger partial charge in [-0.15, -0.1) is 5.10 Å². The number of aromatic nitrogens is 2. The van der Waals surface area contributed by atoms with E-state index in [0.29, 0.717) is 6.21 Å². The van der Waals surface area contributed by atoms with Crippen molar-refractivity contribution < 1.29 is 13.2 Å². The highest BCUT2D eigenvalue weighted by Gasteiger charge is 2.36. The van der Waals surface area contributed by atoms with E-state index in [1.54, 1.807) is 0 Å². The lowest BCUT2D eigenvalue weighted by Gasteiger charge is -2.14. The van der Waals surface area contributed by atoms with Gasteiger partial charge in [-0.1, -0.05) is 0 Å². The summed E-state index contributed by atoms with van der Waals surface area (Å²) in [5.41, 5.74) is 3.10. The second-order valence-electron chi connectivity index (χ2n) is 2.71. The highest BCUT2D eigenvalue weighted by molar-refractivity contribution is 5.77. The molecule has 1 aromatic heterocycles. The minimum atomic E-state index is -4.68. The molecule has 0 aliphatic carbocycles. The normalized spacial score (nSPS) is 12.9. The van der Waals surface area contributed by atoms with Gasteiger partial charge in [-0.2, -0.15) is 18.3 Å². The van der Waals surface area contributed by atoms with E-state index in [1.807, 2.05) is 5.32 Å². The summed E-state index contributed by atoms with van der Waals surface area (Å²) < 4.78 is 37.5. The van der Waals surface area contributed by atoms with Gasteiger partial charge in [-0.25, -0.2) is 0 Å². The third-order valence-electron chi connectivity index (χ3n) is 1.55. The zero-order valence-corrected chi connectivity index (χ0v) is 7.92. The molecule has 0 spiro atoms. The summed E-state index contributed by atoms with van der Waals surface area (Å²) in [6.07, 6.45) is -2.95. The Balaban J connectivity index is 3.03. The molecule has 0 aliphatic heterocycles. The van der Waals surface area contributed by atoms with Crippen LogP contribution in [-0.4, -0.2) is 22.6 Å². The Morgan fingerprint density at radius 1 is 1.50 bits per heavy atom. The second-order valence-corrected chi connectivity index (χ2v) is 2.71. The number of allylic oxidation sites excluding steroid dienone is 2. The number of rotatable bonds is 3. The maximum Gasteiger partial charge on any atom is 0.433 e. The van der Waals surface area contributed by atoms with E-state index in [0.717, 1.165) is 0 Å². The maximum absolute atomic E-state index is 12.5. The quantitative estimate of drug-likeness (QED) is 0.683. The Bertz CT molecular complexity index is 398. The van der Waals surface area contributed by atoms with Crippen molar-refractivity contribution in [2.75, 3.05) is 5.32 Å². The van der Waals surface area contributed by atoms with Crippen LogP contribution in [0.2, 0.25) is 0 Å². The van der Waals surface area contributed by atoms with Crippen LogP contribution in [0.1, 0.15) is 0 Å². The summed E-state index contributed by atoms with van der Waals surface area (Å²) in [4.78, 5) is 0. The van der Waals surface area contributed by atoms with Gasteiger partial charge in [0.2, 0.25) is 0 Å². The van der Waals surface area contributed by atoms with Crippen molar-refractivity contribution in [2.45, 2.75) is 6.18 Å². The van der Waals surface area contributed by atoms with Crippen LogP contribution in [0.4, 0.5) is 19.0 Å². The van der Waals surface area contributed by atoms with Gasteiger partial charge in [-0.05, 0) is 12.1 Å². The maximum atomic E-state index is 12.5. The van der Waals surface area contributed by atoms with Crippen LogP contribution < -0.4 is 11.1 Å². The van der Waals surface area contributed by atoms with E-state index in [-0.39, 0.29) is 5.82 Å². The van der Waals surface area contributed by atoms with E-state index < -0.39 is 17.6 Å². The SMILES string of the molecule is N=C/C(N)=C(\Nc1cccnn1)C(F)(F)F. The van der Waals surface area contributed by atoms with Crippen molar-refractivity contribution in [3.05, 3.63) is 29.7 Å². The van der Waals surface area contributed by atoms with E-state index >= 15 is 0 Å². The number of nitrogens with zero attached hydrogens (tertiary/aromatic N) is 2. The molecule has 0 radical (unpaired) electrons. The van der Waals surface area contributed by atoms with Crippen molar-refractivity contribution in [3.63, 3.8) is 0 Å². The smallest absolute Gasteiger partial charge is 0.396 e. The average molecular weight is 231 g/mol. The predicted octanol–water partition coefficient (Wildman–Crippen LogP) is 1.27. The highest BCUT2D eigenvalue weighted by Crippen LogP contribution is 2.27. The minimum absolute atomic E-state index is 0.0976. The van der Waals surface area contributed by atoms with Gasteiger partial charge in [0.1, 0.15) is 5.70 Å². The van der Waals surface area contributed by atoms with Crippen LogP contribution in [0.15, 0.2) is 29.7 Å². The monoisotopic (exact) mass is 231 g/mol. The van der Waals surface area contributed by atoms with Gasteiger partial charge in [-0.3, -0.25) is 0 Å². The summed E-state index contributed by atoms with van der Waals surface area (Å²) in [7, 11) is 0. The molecular weight excluding hydrogens is 223 g/mol. The van der Waals surface area contributed by atoms with Crippen molar-refractivity contribution in [1.82, 2.24) is 10.2 Å². The fourth-order valence-corrected chi connectivity index (χ4v) is 0.875. The molecule has 0 aromatic carbocycles. The standard InChI is InChI=1S/C8H8F3N5/c9-8(10,11)7(5(13)4-12)15-6-2-1-3-14-16-6/h1-4,12H,13H2,(H,15,16)/b7-5+,12-4?. The van der Waals surface area contributed by atoms with Gasteiger partial charge in [0, 0.05) is 12.4 Å². The summed E-state index contributed by atoms with van der Waals surface area (Å²) in [6, 6.07) is 2.72. The number of halogens is 3. The van der Waals surface area contributed by atoms with E-state index in [2.05, 4.69) is 10.2 Å². The number of nitrogens with two attached hydrogens (primary N) is 1. The van der Waals surface area contributed by atoms with Gasteiger partial charge >= 0.3 is 6.18 Å². The molecule has 4 N–H and O–H groups in total. The van der Waals surface area contributed by atoms with E-state index in [4.69, 9.17) is 11.1 Å². The summed E-state index contributed by atoms with van der Waals surface area (Å²) in [6.45, 7) is 0. The first-order valence-electron chi connectivity index (χ1n) is 4.07. The lowest BCUT2D eigenvalue weighted by Crippen LogP contribution is -2.25. The van der Waals surface area contributed by atoms with Crippen molar-refractivity contribution >= 4 is 12.0 Å². The molecule has 0 bridgehead atoms. The van der Waals surface area contributed by atoms with Crippen LogP contribution in [0.3, 0.4) is 0 Å². The van der Waals surface area contributed by atoms with Gasteiger partial charge < -0.3 is 16.5 Å². The number of anilines is 1. The number of alkyl halides is 3. The Kier molecular flexibility index (Phi) is 3.44.